The summed E-state index contributed by atoms with van der Waals surface area (Å²) >= 11 is 0. The molecule has 7 unspecified atom stereocenters. The van der Waals surface area contributed by atoms with E-state index in [0.29, 0.717) is 83.6 Å². The maximum atomic E-state index is 13.9. The molecular formula is C74H147N10O31P. The predicted octanol–water partition coefficient (Wildman–Crippen LogP) is -2.61. The summed E-state index contributed by atoms with van der Waals surface area (Å²) in [6.07, 6.45) is -8.48. The molecule has 3 saturated heterocycles. The van der Waals surface area contributed by atoms with E-state index in [-0.39, 0.29) is 195 Å². The number of rotatable bonds is 64. The van der Waals surface area contributed by atoms with Crippen LogP contribution in [0.3, 0.4) is 0 Å². The molecule has 0 aromatic carbocycles. The molecule has 0 spiro atoms. The van der Waals surface area contributed by atoms with E-state index in [1.165, 1.54) is 13.8 Å². The molecule has 41 nitrogen and oxygen atoms in total. The Hall–Kier alpha value is -5.87. The molecule has 0 aromatic heterocycles. The van der Waals surface area contributed by atoms with Gasteiger partial charge in [0.15, 0.2) is 18.9 Å². The van der Waals surface area contributed by atoms with Crippen LogP contribution in [0.4, 0.5) is 0 Å². The lowest BCUT2D eigenvalue weighted by molar-refractivity contribution is -0.282. The standard InChI is InChI=1S/C74H135N10O31P.6H2/c1-48(2)116(104,105)112-38-12-7-6-11-28-75-58(93)23-16-24-62(97)84-74(45-106-39-25-59(94)79-32-17-29-76-55(90)20-8-13-35-109-71-49(3)65(98)66(99)52(42-85)113-71,46-107-40-26-60(95)80-33-18-30-77-56(91)21-9-14-36-110-72-63(82-50(4)88)69(102)67(100)53(43-86)114-72)47-108-41-27-61(96)81-34-19-31-78-57(92)22-10-15-37-111-73-64(83-51(5)89)70(103)68(101)54(44-87)115-73;;;;;;/h48-49,52-54,63-73,85-87,98-103H,6-47H2,1-5H3,(H,75,93)(H,76,90)(H,77,91)(H,78,92)(H,79,94)(H,80,95)(H,81,96)(H,82,88)(H,83,89)(H,84,97)(H,104,105);6*1H/t49-,52?,53?,54?,63-,64-,65?,66-,67-,68-,69?,70?,71+,72+,73+,74?;;;;;;/m0....../s1. The van der Waals surface area contributed by atoms with Gasteiger partial charge in [-0.2, -0.15) is 0 Å². The minimum atomic E-state index is -3.67. The van der Waals surface area contributed by atoms with Gasteiger partial charge in [0.2, 0.25) is 59.1 Å². The summed E-state index contributed by atoms with van der Waals surface area (Å²) < 4.78 is 69.2. The zero-order chi connectivity index (χ0) is 85.9. The van der Waals surface area contributed by atoms with E-state index >= 15 is 0 Å². The summed E-state index contributed by atoms with van der Waals surface area (Å²) in [5.74, 6) is -4.34. The van der Waals surface area contributed by atoms with Gasteiger partial charge >= 0.3 is 7.60 Å². The molecule has 10 amide bonds. The first kappa shape index (κ1) is 104. The van der Waals surface area contributed by atoms with Crippen LogP contribution in [0, 0.1) is 5.92 Å². The molecule has 3 aliphatic rings. The minimum Gasteiger partial charge on any atom is -0.394 e. The third-order valence-corrected chi connectivity index (χ3v) is 20.9. The van der Waals surface area contributed by atoms with E-state index < -0.39 is 166 Å². The monoisotopic (exact) mass is 1700 g/mol. The van der Waals surface area contributed by atoms with Crippen molar-refractivity contribution in [2.24, 2.45) is 5.92 Å². The normalized spacial score (nSPS) is 24.4. The largest absolute Gasteiger partial charge is 0.394 e. The Bertz CT molecular complexity index is 2830. The second kappa shape index (κ2) is 59.8. The molecular weight excluding hydrogens is 1560 g/mol. The van der Waals surface area contributed by atoms with Gasteiger partial charge in [-0.25, -0.2) is 0 Å². The Morgan fingerprint density at radius 1 is 0.379 bits per heavy atom. The van der Waals surface area contributed by atoms with Gasteiger partial charge in [-0.3, -0.25) is 52.5 Å². The average molecular weight is 1700 g/mol. The fourth-order valence-corrected chi connectivity index (χ4v) is 12.8. The van der Waals surface area contributed by atoms with Crippen molar-refractivity contribution < 1.29 is 159 Å². The highest BCUT2D eigenvalue weighted by atomic mass is 31.2. The summed E-state index contributed by atoms with van der Waals surface area (Å²) in [4.78, 5) is 137. The van der Waals surface area contributed by atoms with Crippen LogP contribution in [-0.2, 0) is 99.7 Å². The molecule has 3 rings (SSSR count). The lowest BCUT2D eigenvalue weighted by Gasteiger charge is -2.42. The Labute approximate surface area is 687 Å². The van der Waals surface area contributed by atoms with E-state index in [0.717, 1.165) is 6.42 Å². The van der Waals surface area contributed by atoms with Gasteiger partial charge in [-0.15, -0.1) is 0 Å². The second-order valence-corrected chi connectivity index (χ2v) is 31.8. The highest BCUT2D eigenvalue weighted by Crippen LogP contribution is 2.47. The van der Waals surface area contributed by atoms with Crippen molar-refractivity contribution in [3.05, 3.63) is 0 Å². The molecule has 684 valence electrons. The van der Waals surface area contributed by atoms with Crippen molar-refractivity contribution in [2.75, 3.05) is 132 Å². The third-order valence-electron chi connectivity index (χ3n) is 19.0. The van der Waals surface area contributed by atoms with Crippen molar-refractivity contribution >= 4 is 66.7 Å². The molecule has 42 heteroatoms. The van der Waals surface area contributed by atoms with E-state index in [9.17, 15) is 103 Å². The molecule has 0 aliphatic carbocycles. The maximum Gasteiger partial charge on any atom is 0.330 e. The molecule has 3 fully saturated rings. The zero-order valence-electron chi connectivity index (χ0n) is 67.9. The van der Waals surface area contributed by atoms with Crippen LogP contribution >= 0.6 is 7.60 Å². The lowest BCUT2D eigenvalue weighted by atomic mass is 9.92. The van der Waals surface area contributed by atoms with Gasteiger partial charge in [0.25, 0.3) is 0 Å². The number of nitrogens with one attached hydrogen (secondary N) is 10. The number of carbonyl (C=O) groups is 10. The van der Waals surface area contributed by atoms with Crippen LogP contribution in [0.5, 0.6) is 0 Å². The molecule has 3 aliphatic heterocycles. The summed E-state index contributed by atoms with van der Waals surface area (Å²) in [6, 6.07) is -2.21. The molecule has 20 N–H and O–H groups in total. The van der Waals surface area contributed by atoms with Crippen LogP contribution in [0.1, 0.15) is 184 Å². The van der Waals surface area contributed by atoms with Crippen LogP contribution in [0.15, 0.2) is 0 Å². The number of aliphatic hydroxyl groups is 9. The Morgan fingerprint density at radius 2 is 0.681 bits per heavy atom. The number of ether oxygens (including phenoxy) is 9. The smallest absolute Gasteiger partial charge is 0.330 e. The molecule has 0 radical (unpaired) electrons. The fraction of sp³-hybridized carbons (Fsp3) is 0.865. The number of hydrogen-bond acceptors (Lipinski definition) is 30. The van der Waals surface area contributed by atoms with Gasteiger partial charge in [0.05, 0.1) is 77.8 Å². The molecule has 116 heavy (non-hydrogen) atoms. The molecule has 0 saturated carbocycles. The van der Waals surface area contributed by atoms with Crippen molar-refractivity contribution in [1.82, 2.24) is 53.2 Å². The Kier molecular flexibility index (Phi) is 53.7. The number of aliphatic hydroxyl groups excluding tert-OH is 9. The third kappa shape index (κ3) is 43.4. The summed E-state index contributed by atoms with van der Waals surface area (Å²) in [5.41, 5.74) is -2.04. The number of unbranched alkanes of at least 4 members (excludes halogenated alkanes) is 6. The van der Waals surface area contributed by atoms with Crippen LogP contribution in [0.2, 0.25) is 0 Å². The maximum absolute atomic E-state index is 13.9. The first-order valence-corrected chi connectivity index (χ1v) is 42.2. The van der Waals surface area contributed by atoms with Crippen molar-refractivity contribution in [3.63, 3.8) is 0 Å². The average Bonchev–Trinajstić information content (AvgIpc) is 0.825. The summed E-state index contributed by atoms with van der Waals surface area (Å²) in [7, 11) is -3.67. The van der Waals surface area contributed by atoms with Gasteiger partial charge in [0, 0.05) is 145 Å². The highest BCUT2D eigenvalue weighted by molar-refractivity contribution is 7.53. The zero-order valence-corrected chi connectivity index (χ0v) is 68.8. The minimum absolute atomic E-state index is 0. The summed E-state index contributed by atoms with van der Waals surface area (Å²) in [5, 5.41) is 118. The number of amides is 10. The topological polar surface area (TPSA) is 603 Å². The van der Waals surface area contributed by atoms with Gasteiger partial charge in [0.1, 0.15) is 66.5 Å². The van der Waals surface area contributed by atoms with Gasteiger partial charge in [-0.05, 0) is 77.0 Å². The molecule has 16 atom stereocenters. The van der Waals surface area contributed by atoms with E-state index in [1.807, 2.05) is 0 Å². The second-order valence-electron chi connectivity index (χ2n) is 29.4. The molecule has 3 heterocycles. The van der Waals surface area contributed by atoms with Crippen molar-refractivity contribution in [3.8, 4) is 0 Å². The van der Waals surface area contributed by atoms with Crippen molar-refractivity contribution in [1.29, 1.82) is 0 Å². The fourth-order valence-electron chi connectivity index (χ4n) is 12.1. The van der Waals surface area contributed by atoms with E-state index in [2.05, 4.69) is 53.2 Å². The number of hydrogen-bond donors (Lipinski definition) is 20. The van der Waals surface area contributed by atoms with Crippen LogP contribution in [-0.4, -0.2) is 339 Å². The van der Waals surface area contributed by atoms with Crippen molar-refractivity contribution in [2.45, 2.75) is 273 Å². The summed E-state index contributed by atoms with van der Waals surface area (Å²) in [6.45, 7) is 6.28. The number of carbonyl (C=O) groups excluding carboxylic acids is 10. The van der Waals surface area contributed by atoms with E-state index in [4.69, 9.17) is 47.2 Å². The van der Waals surface area contributed by atoms with Gasteiger partial charge in [-0.1, -0.05) is 33.6 Å². The van der Waals surface area contributed by atoms with Gasteiger partial charge < -0.3 is 151 Å². The Balaban J connectivity index is -0.0000116. The van der Waals surface area contributed by atoms with E-state index in [1.54, 1.807) is 20.8 Å². The molecule has 0 bridgehead atoms. The van der Waals surface area contributed by atoms with Crippen LogP contribution in [0.25, 0.3) is 0 Å². The quantitative estimate of drug-likeness (QED) is 0.0219. The lowest BCUT2D eigenvalue weighted by Crippen LogP contribution is -2.64. The first-order valence-electron chi connectivity index (χ1n) is 40.5. The molecule has 0 aromatic rings. The Morgan fingerprint density at radius 3 is 1.03 bits per heavy atom. The highest BCUT2D eigenvalue weighted by Gasteiger charge is 2.47. The predicted molar refractivity (Wildman–Crippen MR) is 425 cm³/mol. The first-order chi connectivity index (χ1) is 55.4. The SMILES string of the molecule is CC(=O)N[C@H]1C(O)[C@@H](O)C(CO)O[C@H]1OCCCCC(=O)NCCCNC(=O)CCOCC(COCCC(=O)NCCCNC(=O)CCCCO[C@@H]1OC(CO)[C@H](O)C(O)[C@@H]1C)(COCCC(=O)NCCCNC(=O)CCCCO[C@@H]1OC(CO)[C@H](O)C(O)[C@@H]1NC(C)=O)NC(=O)CCCC(=O)NCCCCCCOP(=O)(O)C(C)C.[HH].[HH].[HH].[HH].[HH].[HH]. The van der Waals surface area contributed by atoms with Crippen LogP contribution < -0.4 is 53.2 Å².